The summed E-state index contributed by atoms with van der Waals surface area (Å²) in [5, 5.41) is 0. The Morgan fingerprint density at radius 2 is 1.14 bits per heavy atom. The van der Waals surface area contributed by atoms with Gasteiger partial charge >= 0.3 is 7.69 Å². The van der Waals surface area contributed by atoms with E-state index in [1.54, 1.807) is 36.4 Å². The van der Waals surface area contributed by atoms with Crippen LogP contribution in [0.25, 0.3) is 12.2 Å². The average molecular weight is 285 g/mol. The van der Waals surface area contributed by atoms with Crippen molar-refractivity contribution in [3.63, 3.8) is 0 Å². The zero-order chi connectivity index (χ0) is 14.9. The summed E-state index contributed by atoms with van der Waals surface area (Å²) < 4.78 is 36.3. The molecule has 0 aliphatic heterocycles. The molecule has 0 aliphatic rings. The van der Waals surface area contributed by atoms with Gasteiger partial charge in [-0.1, -0.05) is 36.4 Å². The third kappa shape index (κ3) is 4.80. The molecular weight excluding hydrogens is 273 g/mol. The fourth-order valence-electron chi connectivity index (χ4n) is 1.54. The molecule has 105 valence electrons. The van der Waals surface area contributed by atoms with Crippen molar-refractivity contribution in [2.45, 2.75) is 0 Å². The van der Waals surface area contributed by atoms with Gasteiger partial charge in [0.25, 0.3) is 0 Å². The van der Waals surface area contributed by atoms with Gasteiger partial charge in [-0.2, -0.15) is 0 Å². The molecule has 0 heterocycles. The summed E-state index contributed by atoms with van der Waals surface area (Å²) in [6, 6.07) is 12.6. The van der Waals surface area contributed by atoms with Crippen LogP contribution in [0.4, 0.5) is 8.78 Å². The Hall–Kier alpha value is -2.56. The molecule has 0 fully saturated rings. The van der Waals surface area contributed by atoms with E-state index in [9.17, 15) is 8.78 Å². The van der Waals surface area contributed by atoms with Gasteiger partial charge in [0.05, 0.1) is 12.5 Å². The summed E-state index contributed by atoms with van der Waals surface area (Å²) in [6.07, 6.45) is 5.51. The normalized spacial score (nSPS) is 11.0. The van der Waals surface area contributed by atoms with Gasteiger partial charge in [-0.3, -0.25) is 0 Å². The SMILES string of the molecule is Fc1ccccc1C=CO[B]OC=Cc1ccccc1F. The lowest BCUT2D eigenvalue weighted by molar-refractivity contribution is 0.379. The van der Waals surface area contributed by atoms with E-state index in [-0.39, 0.29) is 11.6 Å². The maximum atomic E-state index is 13.3. The molecule has 0 aliphatic carbocycles. The smallest absolute Gasteiger partial charge is 0.532 e. The molecule has 2 rings (SSSR count). The number of hydrogen-bond donors (Lipinski definition) is 0. The predicted molar refractivity (Wildman–Crippen MR) is 78.8 cm³/mol. The fraction of sp³-hybridized carbons (Fsp3) is 0. The molecule has 0 amide bonds. The Morgan fingerprint density at radius 3 is 1.57 bits per heavy atom. The number of rotatable bonds is 6. The van der Waals surface area contributed by atoms with E-state index in [1.165, 1.54) is 36.8 Å². The molecule has 0 N–H and O–H groups in total. The van der Waals surface area contributed by atoms with Crippen LogP contribution < -0.4 is 0 Å². The van der Waals surface area contributed by atoms with E-state index in [2.05, 4.69) is 0 Å². The highest BCUT2D eigenvalue weighted by atomic mass is 19.1. The van der Waals surface area contributed by atoms with E-state index in [1.807, 2.05) is 0 Å². The summed E-state index contributed by atoms with van der Waals surface area (Å²) in [4.78, 5) is 0. The largest absolute Gasteiger partial charge is 0.657 e. The first-order chi connectivity index (χ1) is 10.3. The number of halogens is 2. The maximum absolute atomic E-state index is 13.3. The van der Waals surface area contributed by atoms with Crippen LogP contribution in [0.1, 0.15) is 11.1 Å². The standard InChI is InChI=1S/C16H12BF2O2/c18-15-7-3-1-5-13(15)9-11-20-17-21-12-10-14-6-2-4-8-16(14)19/h1-12H. The van der Waals surface area contributed by atoms with Crippen molar-refractivity contribution >= 4 is 19.8 Å². The average Bonchev–Trinajstić information content (AvgIpc) is 2.50. The van der Waals surface area contributed by atoms with Gasteiger partial charge in [-0.25, -0.2) is 8.78 Å². The molecule has 0 aromatic heterocycles. The van der Waals surface area contributed by atoms with Crippen LogP contribution in [0, 0.1) is 11.6 Å². The van der Waals surface area contributed by atoms with Crippen molar-refractivity contribution in [3.05, 3.63) is 83.8 Å². The minimum Gasteiger partial charge on any atom is -0.532 e. The molecule has 0 atom stereocenters. The summed E-state index contributed by atoms with van der Waals surface area (Å²) in [7, 11) is 1.05. The van der Waals surface area contributed by atoms with Crippen LogP contribution in [0.2, 0.25) is 0 Å². The second-order valence-electron chi connectivity index (χ2n) is 4.02. The van der Waals surface area contributed by atoms with Gasteiger partial charge in [0, 0.05) is 11.1 Å². The van der Waals surface area contributed by atoms with Gasteiger partial charge in [-0.15, -0.1) is 0 Å². The summed E-state index contributed by atoms with van der Waals surface area (Å²) in [5.41, 5.74) is 0.820. The fourth-order valence-corrected chi connectivity index (χ4v) is 1.54. The van der Waals surface area contributed by atoms with E-state index in [0.29, 0.717) is 11.1 Å². The zero-order valence-corrected chi connectivity index (χ0v) is 11.1. The van der Waals surface area contributed by atoms with Crippen LogP contribution in [0.5, 0.6) is 0 Å². The Morgan fingerprint density at radius 1 is 0.714 bits per heavy atom. The number of hydrogen-bond acceptors (Lipinski definition) is 2. The minimum atomic E-state index is -0.335. The van der Waals surface area contributed by atoms with E-state index >= 15 is 0 Å². The first-order valence-corrected chi connectivity index (χ1v) is 6.22. The van der Waals surface area contributed by atoms with E-state index in [4.69, 9.17) is 9.31 Å². The van der Waals surface area contributed by atoms with Gasteiger partial charge in [-0.05, 0) is 24.3 Å². The van der Waals surface area contributed by atoms with Gasteiger partial charge in [0.15, 0.2) is 0 Å². The van der Waals surface area contributed by atoms with Crippen LogP contribution in [0.15, 0.2) is 61.1 Å². The van der Waals surface area contributed by atoms with Crippen LogP contribution in [0.3, 0.4) is 0 Å². The van der Waals surface area contributed by atoms with Crippen molar-refractivity contribution in [1.29, 1.82) is 0 Å². The van der Waals surface area contributed by atoms with Crippen molar-refractivity contribution in [3.8, 4) is 0 Å². The van der Waals surface area contributed by atoms with Crippen molar-refractivity contribution in [1.82, 2.24) is 0 Å². The zero-order valence-electron chi connectivity index (χ0n) is 11.1. The highest BCUT2D eigenvalue weighted by Gasteiger charge is 1.97. The molecule has 2 aromatic carbocycles. The van der Waals surface area contributed by atoms with Gasteiger partial charge < -0.3 is 9.31 Å². The Kier molecular flexibility index (Phi) is 5.58. The van der Waals surface area contributed by atoms with Crippen LogP contribution >= 0.6 is 0 Å². The monoisotopic (exact) mass is 285 g/mol. The lowest BCUT2D eigenvalue weighted by Gasteiger charge is -1.98. The minimum absolute atomic E-state index is 0.335. The van der Waals surface area contributed by atoms with Crippen molar-refractivity contribution in [2.24, 2.45) is 0 Å². The van der Waals surface area contributed by atoms with Crippen LogP contribution in [-0.4, -0.2) is 7.69 Å². The van der Waals surface area contributed by atoms with Crippen molar-refractivity contribution < 1.29 is 18.1 Å². The Bertz CT molecular complexity index is 586. The Labute approximate surface area is 122 Å². The molecule has 21 heavy (non-hydrogen) atoms. The molecule has 0 unspecified atom stereocenters. The summed E-state index contributed by atoms with van der Waals surface area (Å²) in [6.45, 7) is 0. The molecule has 2 aromatic rings. The predicted octanol–water partition coefficient (Wildman–Crippen LogP) is 4.17. The van der Waals surface area contributed by atoms with Gasteiger partial charge in [0.2, 0.25) is 0 Å². The highest BCUT2D eigenvalue weighted by Crippen LogP contribution is 2.09. The Balaban J connectivity index is 1.73. The second-order valence-corrected chi connectivity index (χ2v) is 4.02. The molecule has 5 heteroatoms. The molecular formula is C16H12BF2O2. The van der Waals surface area contributed by atoms with Crippen LogP contribution in [-0.2, 0) is 9.31 Å². The molecule has 2 nitrogen and oxygen atoms in total. The first kappa shape index (κ1) is 14.8. The quantitative estimate of drug-likeness (QED) is 0.450. The highest BCUT2D eigenvalue weighted by molar-refractivity contribution is 6.18. The number of benzene rings is 2. The third-order valence-corrected chi connectivity index (χ3v) is 2.57. The summed E-state index contributed by atoms with van der Waals surface area (Å²) in [5.74, 6) is -0.671. The molecule has 0 spiro atoms. The first-order valence-electron chi connectivity index (χ1n) is 6.22. The summed E-state index contributed by atoms with van der Waals surface area (Å²) >= 11 is 0. The lowest BCUT2D eigenvalue weighted by Crippen LogP contribution is -1.94. The van der Waals surface area contributed by atoms with Gasteiger partial charge in [0.1, 0.15) is 11.6 Å². The molecule has 1 radical (unpaired) electrons. The van der Waals surface area contributed by atoms with E-state index in [0.717, 1.165) is 7.69 Å². The maximum Gasteiger partial charge on any atom is 0.657 e. The molecule has 0 saturated heterocycles. The lowest BCUT2D eigenvalue weighted by atomic mass is 10.2. The second kappa shape index (κ2) is 7.90. The van der Waals surface area contributed by atoms with Crippen molar-refractivity contribution in [2.75, 3.05) is 0 Å². The topological polar surface area (TPSA) is 18.5 Å². The molecule has 0 saturated carbocycles. The van der Waals surface area contributed by atoms with E-state index < -0.39 is 0 Å². The third-order valence-electron chi connectivity index (χ3n) is 2.57. The molecule has 0 bridgehead atoms.